The van der Waals surface area contributed by atoms with Crippen LogP contribution in [0.25, 0.3) is 21.1 Å². The highest BCUT2D eigenvalue weighted by molar-refractivity contribution is 7.21. The average molecular weight is 552 g/mol. The number of rotatable bonds is 4. The standard InChI is InChI=1S/C28H17ClF3N3O2S/c1-14-26(36)24(27(37)23-11-15-4-2-3-5-22(15)38-23)25(16-6-8-19(29)18(10-16)28(30,31)32)35(14)17-7-9-20-21(12-17)34-13-33-20/h2-13,25,36H,1H2,(H,33,34). The summed E-state index contributed by atoms with van der Waals surface area (Å²) in [6.45, 7) is 3.99. The fourth-order valence-electron chi connectivity index (χ4n) is 4.76. The average Bonchev–Trinajstić information content (AvgIpc) is 3.59. The minimum atomic E-state index is -4.72. The molecule has 2 aromatic heterocycles. The topological polar surface area (TPSA) is 69.2 Å². The van der Waals surface area contributed by atoms with Crippen molar-refractivity contribution in [2.45, 2.75) is 12.2 Å². The Balaban J connectivity index is 1.55. The first-order chi connectivity index (χ1) is 18.1. The number of aliphatic hydroxyl groups is 1. The second kappa shape index (κ2) is 8.75. The Hall–Kier alpha value is -4.08. The lowest BCUT2D eigenvalue weighted by atomic mass is 9.93. The molecule has 1 unspecified atom stereocenters. The SMILES string of the molecule is C=C1C(O)=C(C(=O)c2cc3ccccc3s2)C(c2ccc(Cl)c(C(F)(F)F)c2)N1c1ccc2[nH]cnc2c1. The van der Waals surface area contributed by atoms with Crippen molar-refractivity contribution in [2.75, 3.05) is 4.90 Å². The first-order valence-corrected chi connectivity index (χ1v) is 12.6. The molecule has 38 heavy (non-hydrogen) atoms. The van der Waals surface area contributed by atoms with Gasteiger partial charge in [0.1, 0.15) is 5.76 Å². The van der Waals surface area contributed by atoms with E-state index in [2.05, 4.69) is 16.5 Å². The fourth-order valence-corrected chi connectivity index (χ4v) is 6.00. The highest BCUT2D eigenvalue weighted by Crippen LogP contribution is 2.48. The predicted octanol–water partition coefficient (Wildman–Crippen LogP) is 8.22. The van der Waals surface area contributed by atoms with E-state index in [1.807, 2.05) is 24.3 Å². The molecule has 1 aliphatic heterocycles. The number of ketones is 1. The number of halogens is 4. The number of carbonyl (C=O) groups is 1. The normalized spacial score (nSPS) is 16.3. The van der Waals surface area contributed by atoms with E-state index in [1.165, 1.54) is 23.7 Å². The van der Waals surface area contributed by atoms with E-state index in [0.29, 0.717) is 16.1 Å². The van der Waals surface area contributed by atoms with Crippen molar-refractivity contribution in [3.05, 3.63) is 118 Å². The second-order valence-electron chi connectivity index (χ2n) is 8.80. The van der Waals surface area contributed by atoms with Crippen molar-refractivity contribution < 1.29 is 23.1 Å². The summed E-state index contributed by atoms with van der Waals surface area (Å²) in [6.07, 6.45) is -3.20. The molecule has 0 aliphatic carbocycles. The second-order valence-corrected chi connectivity index (χ2v) is 10.3. The summed E-state index contributed by atoms with van der Waals surface area (Å²) in [5.74, 6) is -0.884. The first-order valence-electron chi connectivity index (χ1n) is 11.4. The highest BCUT2D eigenvalue weighted by atomic mass is 35.5. The molecular formula is C28H17ClF3N3O2S. The van der Waals surface area contributed by atoms with E-state index in [4.69, 9.17) is 11.6 Å². The molecule has 0 radical (unpaired) electrons. The maximum absolute atomic E-state index is 13.9. The number of anilines is 1. The van der Waals surface area contributed by atoms with Crippen LogP contribution >= 0.6 is 22.9 Å². The number of nitrogens with one attached hydrogen (secondary N) is 1. The maximum Gasteiger partial charge on any atom is 0.417 e. The van der Waals surface area contributed by atoms with Crippen molar-refractivity contribution in [3.8, 4) is 0 Å². The zero-order chi connectivity index (χ0) is 26.8. The minimum Gasteiger partial charge on any atom is -0.505 e. The maximum atomic E-state index is 13.9. The van der Waals surface area contributed by atoms with Gasteiger partial charge >= 0.3 is 6.18 Å². The van der Waals surface area contributed by atoms with Gasteiger partial charge in [0.05, 0.1) is 50.1 Å². The molecule has 6 rings (SSSR count). The summed E-state index contributed by atoms with van der Waals surface area (Å²) in [4.78, 5) is 23.1. The van der Waals surface area contributed by atoms with E-state index < -0.39 is 28.6 Å². The molecule has 0 saturated carbocycles. The molecule has 190 valence electrons. The molecule has 1 aliphatic rings. The van der Waals surface area contributed by atoms with Crippen LogP contribution in [-0.4, -0.2) is 20.9 Å². The molecule has 0 spiro atoms. The lowest BCUT2D eigenvalue weighted by Crippen LogP contribution is -2.26. The number of carbonyl (C=O) groups excluding carboxylic acids is 1. The number of fused-ring (bicyclic) bond motifs is 2. The monoisotopic (exact) mass is 551 g/mol. The molecule has 1 atom stereocenters. The number of hydrogen-bond acceptors (Lipinski definition) is 5. The van der Waals surface area contributed by atoms with Gasteiger partial charge in [-0.05, 0) is 53.4 Å². The summed E-state index contributed by atoms with van der Waals surface area (Å²) in [6, 6.07) is 16.7. The van der Waals surface area contributed by atoms with E-state index in [9.17, 15) is 23.1 Å². The van der Waals surface area contributed by atoms with Gasteiger partial charge in [-0.25, -0.2) is 4.98 Å². The van der Waals surface area contributed by atoms with Gasteiger partial charge in [-0.2, -0.15) is 13.2 Å². The van der Waals surface area contributed by atoms with E-state index >= 15 is 0 Å². The summed E-state index contributed by atoms with van der Waals surface area (Å²) >= 11 is 7.15. The number of nitrogens with zero attached hydrogens (tertiary/aromatic N) is 2. The van der Waals surface area contributed by atoms with Gasteiger partial charge in [0.25, 0.3) is 0 Å². The minimum absolute atomic E-state index is 0.0703. The Morgan fingerprint density at radius 1 is 1.11 bits per heavy atom. The zero-order valence-corrected chi connectivity index (χ0v) is 21.0. The number of hydrogen-bond donors (Lipinski definition) is 2. The van der Waals surface area contributed by atoms with Gasteiger partial charge in [0.2, 0.25) is 5.78 Å². The lowest BCUT2D eigenvalue weighted by Gasteiger charge is -2.30. The van der Waals surface area contributed by atoms with Crippen molar-refractivity contribution in [1.82, 2.24) is 9.97 Å². The number of aliphatic hydroxyl groups excluding tert-OH is 1. The number of H-pyrrole nitrogens is 1. The smallest absolute Gasteiger partial charge is 0.417 e. The van der Waals surface area contributed by atoms with Crippen LogP contribution in [0.1, 0.15) is 26.8 Å². The van der Waals surface area contributed by atoms with Crippen LogP contribution < -0.4 is 4.90 Å². The summed E-state index contributed by atoms with van der Waals surface area (Å²) in [5, 5.41) is 11.6. The third kappa shape index (κ3) is 3.86. The molecule has 0 amide bonds. The van der Waals surface area contributed by atoms with Crippen LogP contribution in [-0.2, 0) is 6.18 Å². The first kappa shape index (κ1) is 24.3. The predicted molar refractivity (Wildman–Crippen MR) is 143 cm³/mol. The fraction of sp³-hybridized carbons (Fsp3) is 0.0714. The van der Waals surface area contributed by atoms with Crippen LogP contribution in [0.15, 0.2) is 96.7 Å². The van der Waals surface area contributed by atoms with Gasteiger partial charge in [0, 0.05) is 10.4 Å². The van der Waals surface area contributed by atoms with E-state index in [1.54, 1.807) is 29.2 Å². The van der Waals surface area contributed by atoms with Crippen LogP contribution in [0.5, 0.6) is 0 Å². The Morgan fingerprint density at radius 2 is 1.89 bits per heavy atom. The molecule has 5 aromatic rings. The molecule has 3 aromatic carbocycles. The van der Waals surface area contributed by atoms with Gasteiger partial charge in [0.15, 0.2) is 0 Å². The van der Waals surface area contributed by atoms with Gasteiger partial charge in [-0.1, -0.05) is 42.4 Å². The molecule has 10 heteroatoms. The number of imidazole rings is 1. The number of benzene rings is 3. The molecule has 0 fully saturated rings. The number of Topliss-reactive ketones (excluding diaryl/α,β-unsaturated/α-hetero) is 1. The van der Waals surface area contributed by atoms with E-state index in [0.717, 1.165) is 27.7 Å². The number of alkyl halides is 3. The van der Waals surface area contributed by atoms with Gasteiger partial charge < -0.3 is 15.0 Å². The molecule has 0 bridgehead atoms. The Labute approximate surface area is 223 Å². The third-order valence-electron chi connectivity index (χ3n) is 6.54. The van der Waals surface area contributed by atoms with Crippen molar-refractivity contribution in [2.24, 2.45) is 0 Å². The molecular weight excluding hydrogens is 535 g/mol. The van der Waals surface area contributed by atoms with Crippen LogP contribution in [0.2, 0.25) is 5.02 Å². The quantitative estimate of drug-likeness (QED) is 0.221. The lowest BCUT2D eigenvalue weighted by molar-refractivity contribution is -0.137. The van der Waals surface area contributed by atoms with Crippen molar-refractivity contribution in [3.63, 3.8) is 0 Å². The van der Waals surface area contributed by atoms with Crippen LogP contribution in [0.3, 0.4) is 0 Å². The zero-order valence-electron chi connectivity index (χ0n) is 19.4. The summed E-state index contributed by atoms with van der Waals surface area (Å²) in [5.41, 5.74) is 0.943. The van der Waals surface area contributed by atoms with E-state index in [-0.39, 0.29) is 22.6 Å². The number of thiophene rings is 1. The third-order valence-corrected chi connectivity index (χ3v) is 7.98. The molecule has 3 heterocycles. The van der Waals surface area contributed by atoms with Crippen LogP contribution in [0, 0.1) is 0 Å². The Bertz CT molecular complexity index is 1770. The molecule has 2 N–H and O–H groups in total. The number of aromatic nitrogens is 2. The number of aromatic amines is 1. The Kier molecular flexibility index (Phi) is 5.59. The van der Waals surface area contributed by atoms with Gasteiger partial charge in [-0.15, -0.1) is 11.3 Å². The summed E-state index contributed by atoms with van der Waals surface area (Å²) < 4.78 is 42.3. The van der Waals surface area contributed by atoms with Crippen molar-refractivity contribution in [1.29, 1.82) is 0 Å². The summed E-state index contributed by atoms with van der Waals surface area (Å²) in [7, 11) is 0. The largest absolute Gasteiger partial charge is 0.505 e. The van der Waals surface area contributed by atoms with Gasteiger partial charge in [-0.3, -0.25) is 4.79 Å². The van der Waals surface area contributed by atoms with Crippen LogP contribution in [0.4, 0.5) is 18.9 Å². The Morgan fingerprint density at radius 3 is 2.66 bits per heavy atom. The molecule has 5 nitrogen and oxygen atoms in total. The van der Waals surface area contributed by atoms with Crippen molar-refractivity contribution >= 4 is 55.5 Å². The molecule has 0 saturated heterocycles. The highest BCUT2D eigenvalue weighted by Gasteiger charge is 2.43.